The summed E-state index contributed by atoms with van der Waals surface area (Å²) in [4.78, 5) is 28.6. The van der Waals surface area contributed by atoms with Gasteiger partial charge in [-0.05, 0) is 35.1 Å². The van der Waals surface area contributed by atoms with Crippen molar-refractivity contribution in [1.82, 2.24) is 25.3 Å². The van der Waals surface area contributed by atoms with Gasteiger partial charge in [0.2, 0.25) is 0 Å². The third-order valence-corrected chi connectivity index (χ3v) is 5.49. The number of carbonyl (C=O) groups is 1. The van der Waals surface area contributed by atoms with Gasteiger partial charge in [0, 0.05) is 30.2 Å². The molecule has 3 heterocycles. The Balaban J connectivity index is 1.45. The summed E-state index contributed by atoms with van der Waals surface area (Å²) in [6, 6.07) is 7.87. The lowest BCUT2D eigenvalue weighted by Crippen LogP contribution is -2.27. The van der Waals surface area contributed by atoms with E-state index in [0.717, 1.165) is 27.9 Å². The number of allylic oxidation sites excluding steroid dienone is 2. The van der Waals surface area contributed by atoms with E-state index in [1.807, 2.05) is 30.5 Å². The molecule has 1 atom stereocenters. The third kappa shape index (κ3) is 4.24. The molecule has 31 heavy (non-hydrogen) atoms. The van der Waals surface area contributed by atoms with Crippen LogP contribution in [-0.4, -0.2) is 32.4 Å². The average molecular weight is 412 g/mol. The maximum Gasteiger partial charge on any atom is 0.270 e. The Morgan fingerprint density at radius 1 is 1.26 bits per heavy atom. The number of nitrogens with one attached hydrogen (secondary N) is 2. The third-order valence-electron chi connectivity index (χ3n) is 5.49. The fraction of sp³-hybridized carbons (Fsp3) is 0.292. The second kappa shape index (κ2) is 8.15. The number of pyridine rings is 1. The van der Waals surface area contributed by atoms with Gasteiger partial charge in [0.05, 0.1) is 17.3 Å². The molecule has 0 spiro atoms. The van der Waals surface area contributed by atoms with Gasteiger partial charge in [-0.1, -0.05) is 39.0 Å². The summed E-state index contributed by atoms with van der Waals surface area (Å²) in [5.41, 5.74) is 4.44. The van der Waals surface area contributed by atoms with E-state index in [-0.39, 0.29) is 23.8 Å². The lowest BCUT2D eigenvalue weighted by Gasteiger charge is -2.19. The maximum absolute atomic E-state index is 12.5. The molecule has 0 aliphatic heterocycles. The summed E-state index contributed by atoms with van der Waals surface area (Å²) in [6.45, 7) is 6.58. The lowest BCUT2D eigenvalue weighted by atomic mass is 9.88. The normalized spacial score (nSPS) is 16.4. The van der Waals surface area contributed by atoms with E-state index in [2.05, 4.69) is 52.1 Å². The standard InChI is InChI=1S/C24H24N6O/c1-24(2,3)18-6-7-20(27-13-18)23(31)28-12-16-5-4-15(10-17(16)11-25)21-19-8-9-26-22(19)30-14-29-21/h5-10,13-15H,4,12H2,1-3H3,(H,28,31)(H,26,29,30). The van der Waals surface area contributed by atoms with E-state index in [1.165, 1.54) is 6.33 Å². The zero-order chi connectivity index (χ0) is 22.0. The number of hydrogen-bond donors (Lipinski definition) is 2. The van der Waals surface area contributed by atoms with Crippen LogP contribution in [0.1, 0.15) is 54.9 Å². The van der Waals surface area contributed by atoms with Crippen molar-refractivity contribution in [2.45, 2.75) is 38.5 Å². The van der Waals surface area contributed by atoms with Crippen LogP contribution in [0, 0.1) is 11.3 Å². The number of nitrogens with zero attached hydrogens (tertiary/aromatic N) is 4. The first-order valence-corrected chi connectivity index (χ1v) is 10.2. The van der Waals surface area contributed by atoms with E-state index in [0.29, 0.717) is 17.7 Å². The van der Waals surface area contributed by atoms with E-state index in [9.17, 15) is 10.1 Å². The number of fused-ring (bicyclic) bond motifs is 1. The Labute approximate surface area is 181 Å². The molecule has 1 aliphatic carbocycles. The molecule has 7 nitrogen and oxygen atoms in total. The molecule has 0 aromatic carbocycles. The highest BCUT2D eigenvalue weighted by Crippen LogP contribution is 2.32. The van der Waals surface area contributed by atoms with E-state index in [1.54, 1.807) is 12.3 Å². The van der Waals surface area contributed by atoms with Crippen LogP contribution >= 0.6 is 0 Å². The van der Waals surface area contributed by atoms with Crippen molar-refractivity contribution >= 4 is 16.9 Å². The topological polar surface area (TPSA) is 107 Å². The number of rotatable bonds is 4. The predicted molar refractivity (Wildman–Crippen MR) is 118 cm³/mol. The van der Waals surface area contributed by atoms with Crippen LogP contribution in [0.15, 0.2) is 60.2 Å². The van der Waals surface area contributed by atoms with Gasteiger partial charge < -0.3 is 10.3 Å². The molecule has 1 amide bonds. The second-order valence-corrected chi connectivity index (χ2v) is 8.63. The average Bonchev–Trinajstić information content (AvgIpc) is 3.26. The summed E-state index contributed by atoms with van der Waals surface area (Å²) < 4.78 is 0. The van der Waals surface area contributed by atoms with Gasteiger partial charge in [0.15, 0.2) is 0 Å². The van der Waals surface area contributed by atoms with Gasteiger partial charge in [0.25, 0.3) is 5.91 Å². The zero-order valence-corrected chi connectivity index (χ0v) is 17.8. The number of aromatic amines is 1. The van der Waals surface area contributed by atoms with Gasteiger partial charge in [-0.25, -0.2) is 9.97 Å². The van der Waals surface area contributed by atoms with Crippen molar-refractivity contribution in [2.24, 2.45) is 0 Å². The van der Waals surface area contributed by atoms with Gasteiger partial charge in [-0.15, -0.1) is 0 Å². The molecular weight excluding hydrogens is 388 g/mol. The highest BCUT2D eigenvalue weighted by Gasteiger charge is 2.21. The van der Waals surface area contributed by atoms with Crippen LogP contribution in [0.4, 0.5) is 0 Å². The molecule has 0 radical (unpaired) electrons. The molecule has 3 aromatic heterocycles. The fourth-order valence-electron chi connectivity index (χ4n) is 3.65. The molecule has 3 aromatic rings. The zero-order valence-electron chi connectivity index (χ0n) is 17.8. The number of hydrogen-bond acceptors (Lipinski definition) is 5. The van der Waals surface area contributed by atoms with Crippen LogP contribution in [0.5, 0.6) is 0 Å². The molecule has 1 aliphatic rings. The highest BCUT2D eigenvalue weighted by molar-refractivity contribution is 5.92. The summed E-state index contributed by atoms with van der Waals surface area (Å²) in [7, 11) is 0. The number of amides is 1. The van der Waals surface area contributed by atoms with Crippen molar-refractivity contribution < 1.29 is 4.79 Å². The summed E-state index contributed by atoms with van der Waals surface area (Å²) in [5, 5.41) is 13.5. The molecule has 7 heteroatoms. The van der Waals surface area contributed by atoms with Crippen LogP contribution in [0.2, 0.25) is 0 Å². The molecule has 0 fully saturated rings. The second-order valence-electron chi connectivity index (χ2n) is 8.63. The van der Waals surface area contributed by atoms with Crippen molar-refractivity contribution in [3.05, 3.63) is 77.2 Å². The highest BCUT2D eigenvalue weighted by atomic mass is 16.1. The Morgan fingerprint density at radius 3 is 2.81 bits per heavy atom. The van der Waals surface area contributed by atoms with E-state index >= 15 is 0 Å². The Morgan fingerprint density at radius 2 is 2.10 bits per heavy atom. The first-order chi connectivity index (χ1) is 14.9. The van der Waals surface area contributed by atoms with Crippen LogP contribution in [0.25, 0.3) is 11.0 Å². The first kappa shape index (κ1) is 20.5. The number of H-pyrrole nitrogens is 1. The minimum absolute atomic E-state index is 0.0120. The Bertz CT molecular complexity index is 1220. The Hall–Kier alpha value is -3.79. The molecule has 4 rings (SSSR count). The molecule has 2 N–H and O–H groups in total. The summed E-state index contributed by atoms with van der Waals surface area (Å²) in [5.74, 6) is -0.271. The van der Waals surface area contributed by atoms with Gasteiger partial charge in [0.1, 0.15) is 17.7 Å². The monoisotopic (exact) mass is 412 g/mol. The maximum atomic E-state index is 12.5. The van der Waals surface area contributed by atoms with Gasteiger partial charge in [-0.3, -0.25) is 9.78 Å². The molecule has 0 saturated carbocycles. The van der Waals surface area contributed by atoms with Crippen molar-refractivity contribution in [3.63, 3.8) is 0 Å². The first-order valence-electron chi connectivity index (χ1n) is 10.2. The quantitative estimate of drug-likeness (QED) is 0.675. The Kier molecular flexibility index (Phi) is 5.38. The minimum Gasteiger partial charge on any atom is -0.347 e. The minimum atomic E-state index is -0.259. The smallest absolute Gasteiger partial charge is 0.270 e. The number of aromatic nitrogens is 4. The molecule has 156 valence electrons. The molecule has 0 saturated heterocycles. The van der Waals surface area contributed by atoms with Crippen molar-refractivity contribution in [2.75, 3.05) is 6.54 Å². The molecular formula is C24H24N6O. The van der Waals surface area contributed by atoms with Gasteiger partial charge >= 0.3 is 0 Å². The van der Waals surface area contributed by atoms with Crippen LogP contribution in [-0.2, 0) is 5.41 Å². The van der Waals surface area contributed by atoms with E-state index in [4.69, 9.17) is 0 Å². The molecule has 1 unspecified atom stereocenters. The van der Waals surface area contributed by atoms with Crippen LogP contribution in [0.3, 0.4) is 0 Å². The fourth-order valence-corrected chi connectivity index (χ4v) is 3.65. The molecule has 0 bridgehead atoms. The lowest BCUT2D eigenvalue weighted by molar-refractivity contribution is 0.0952. The SMILES string of the molecule is CC(C)(C)c1ccc(C(=O)NCC2=CCC(c3ncnc4[nH]ccc34)C=C2C#N)nc1. The van der Waals surface area contributed by atoms with Crippen LogP contribution < -0.4 is 5.32 Å². The van der Waals surface area contributed by atoms with Crippen molar-refractivity contribution in [3.8, 4) is 6.07 Å². The van der Waals surface area contributed by atoms with Crippen molar-refractivity contribution in [1.29, 1.82) is 5.26 Å². The summed E-state index contributed by atoms with van der Waals surface area (Å²) >= 11 is 0. The van der Waals surface area contributed by atoms with Gasteiger partial charge in [-0.2, -0.15) is 5.26 Å². The van der Waals surface area contributed by atoms with E-state index < -0.39 is 0 Å². The largest absolute Gasteiger partial charge is 0.347 e. The predicted octanol–water partition coefficient (Wildman–Crippen LogP) is 3.94. The number of carbonyl (C=O) groups excluding carboxylic acids is 1. The summed E-state index contributed by atoms with van der Waals surface area (Å²) in [6.07, 6.45) is 9.73. The number of nitriles is 1.